The van der Waals surface area contributed by atoms with Crippen molar-refractivity contribution in [1.29, 1.82) is 0 Å². The summed E-state index contributed by atoms with van der Waals surface area (Å²) >= 11 is 7.92. The summed E-state index contributed by atoms with van der Waals surface area (Å²) in [4.78, 5) is 4.76. The summed E-state index contributed by atoms with van der Waals surface area (Å²) in [6.07, 6.45) is 5.37. The van der Waals surface area contributed by atoms with Gasteiger partial charge in [-0.1, -0.05) is 26.0 Å². The van der Waals surface area contributed by atoms with Gasteiger partial charge in [-0.25, -0.2) is 4.98 Å². The average Bonchev–Trinajstić information content (AvgIpc) is 2.83. The van der Waals surface area contributed by atoms with E-state index in [4.69, 9.17) is 16.6 Å². The van der Waals surface area contributed by atoms with Crippen LogP contribution in [0.15, 0.2) is 24.3 Å². The van der Waals surface area contributed by atoms with Gasteiger partial charge in [0, 0.05) is 23.6 Å². The van der Waals surface area contributed by atoms with Gasteiger partial charge < -0.3 is 4.57 Å². The van der Waals surface area contributed by atoms with Crippen LogP contribution in [0.1, 0.15) is 32.5 Å². The number of alkyl halides is 1. The molecular formula is C16H23ClN2S. The van der Waals surface area contributed by atoms with Crippen LogP contribution in [-0.2, 0) is 13.0 Å². The van der Waals surface area contributed by atoms with Crippen LogP contribution < -0.4 is 0 Å². The molecule has 0 N–H and O–H groups in total. The molecule has 0 aliphatic carbocycles. The molecule has 110 valence electrons. The molecule has 0 aliphatic heterocycles. The van der Waals surface area contributed by atoms with Gasteiger partial charge in [0.1, 0.15) is 5.82 Å². The number of hydrogen-bond donors (Lipinski definition) is 0. The van der Waals surface area contributed by atoms with E-state index < -0.39 is 0 Å². The lowest BCUT2D eigenvalue weighted by atomic mass is 10.0. The molecule has 0 amide bonds. The molecule has 0 saturated heterocycles. The number of aromatic nitrogens is 2. The minimum absolute atomic E-state index is 0.282. The van der Waals surface area contributed by atoms with E-state index >= 15 is 0 Å². The summed E-state index contributed by atoms with van der Waals surface area (Å²) in [7, 11) is 0. The molecule has 2 nitrogen and oxygen atoms in total. The average molecular weight is 311 g/mol. The minimum Gasteiger partial charge on any atom is -0.327 e. The minimum atomic E-state index is 0.282. The number of halogens is 1. The molecule has 0 saturated carbocycles. The normalized spacial score (nSPS) is 12.2. The zero-order valence-electron chi connectivity index (χ0n) is 12.5. The summed E-state index contributed by atoms with van der Waals surface area (Å²) in [5.74, 6) is 1.73. The third-order valence-electron chi connectivity index (χ3n) is 4.22. The highest BCUT2D eigenvalue weighted by molar-refractivity contribution is 8.00. The monoisotopic (exact) mass is 310 g/mol. The van der Waals surface area contributed by atoms with Crippen LogP contribution in [0.5, 0.6) is 0 Å². The maximum Gasteiger partial charge on any atom is 0.111 e. The molecule has 1 aromatic heterocycles. The molecule has 1 aromatic carbocycles. The number of aryl methyl sites for hydroxylation is 1. The lowest BCUT2D eigenvalue weighted by Gasteiger charge is -2.31. The number of fused-ring (bicyclic) bond motifs is 1. The zero-order valence-corrected chi connectivity index (χ0v) is 14.1. The summed E-state index contributed by atoms with van der Waals surface area (Å²) in [6.45, 7) is 5.56. The first-order chi connectivity index (χ1) is 9.69. The second kappa shape index (κ2) is 6.86. The molecule has 0 bridgehead atoms. The molecule has 0 unspecified atom stereocenters. The number of hydrogen-bond acceptors (Lipinski definition) is 2. The number of para-hydroxylation sites is 2. The van der Waals surface area contributed by atoms with Crippen molar-refractivity contribution in [1.82, 2.24) is 9.55 Å². The van der Waals surface area contributed by atoms with Crippen molar-refractivity contribution in [2.45, 2.75) is 44.4 Å². The van der Waals surface area contributed by atoms with E-state index in [0.29, 0.717) is 5.88 Å². The van der Waals surface area contributed by atoms with Crippen molar-refractivity contribution in [2.24, 2.45) is 0 Å². The molecule has 0 radical (unpaired) electrons. The lowest BCUT2D eigenvalue weighted by Crippen LogP contribution is -2.29. The highest BCUT2D eigenvalue weighted by Crippen LogP contribution is 2.34. The third kappa shape index (κ3) is 2.99. The predicted molar refractivity (Wildman–Crippen MR) is 91.0 cm³/mol. The highest BCUT2D eigenvalue weighted by Gasteiger charge is 2.27. The highest BCUT2D eigenvalue weighted by atomic mass is 35.5. The number of nitrogens with zero attached hydrogens (tertiary/aromatic N) is 2. The summed E-state index contributed by atoms with van der Waals surface area (Å²) in [5, 5.41) is 0. The van der Waals surface area contributed by atoms with Gasteiger partial charge in [0.2, 0.25) is 0 Å². The van der Waals surface area contributed by atoms with E-state index in [1.165, 1.54) is 5.52 Å². The Morgan fingerprint density at radius 2 is 1.95 bits per heavy atom. The Kier molecular flexibility index (Phi) is 5.39. The quantitative estimate of drug-likeness (QED) is 0.687. The maximum atomic E-state index is 5.95. The Labute approximate surface area is 130 Å². The number of rotatable bonds is 7. The fraction of sp³-hybridized carbons (Fsp3) is 0.562. The van der Waals surface area contributed by atoms with Gasteiger partial charge in [0.25, 0.3) is 0 Å². The van der Waals surface area contributed by atoms with Gasteiger partial charge in [-0.05, 0) is 31.2 Å². The Bertz CT molecular complexity index is 552. The van der Waals surface area contributed by atoms with Crippen molar-refractivity contribution in [3.8, 4) is 0 Å². The Morgan fingerprint density at radius 3 is 2.55 bits per heavy atom. The Balaban J connectivity index is 2.48. The van der Waals surface area contributed by atoms with E-state index in [9.17, 15) is 0 Å². The van der Waals surface area contributed by atoms with Crippen LogP contribution in [0.3, 0.4) is 0 Å². The molecule has 0 atom stereocenters. The Hall–Kier alpha value is -0.670. The fourth-order valence-corrected chi connectivity index (χ4v) is 3.70. The molecule has 1 heterocycles. The van der Waals surface area contributed by atoms with Gasteiger partial charge in [-0.3, -0.25) is 0 Å². The second-order valence-electron chi connectivity index (χ2n) is 5.14. The van der Waals surface area contributed by atoms with E-state index in [1.54, 1.807) is 0 Å². The number of thioether (sulfide) groups is 1. The fourth-order valence-electron chi connectivity index (χ4n) is 2.69. The van der Waals surface area contributed by atoms with Gasteiger partial charge in [0.15, 0.2) is 0 Å². The van der Waals surface area contributed by atoms with Gasteiger partial charge in [-0.2, -0.15) is 11.8 Å². The van der Waals surface area contributed by atoms with Crippen molar-refractivity contribution < 1.29 is 0 Å². The SMILES string of the molecule is CCC(CC)(Cn1c(CCCl)nc2ccccc21)SC. The summed E-state index contributed by atoms with van der Waals surface area (Å²) in [6, 6.07) is 8.38. The van der Waals surface area contributed by atoms with Crippen molar-refractivity contribution in [3.63, 3.8) is 0 Å². The van der Waals surface area contributed by atoms with E-state index in [-0.39, 0.29) is 4.75 Å². The number of benzene rings is 1. The van der Waals surface area contributed by atoms with Crippen LogP contribution in [0, 0.1) is 0 Å². The van der Waals surface area contributed by atoms with Gasteiger partial charge in [0.05, 0.1) is 11.0 Å². The van der Waals surface area contributed by atoms with Crippen LogP contribution in [0.4, 0.5) is 0 Å². The Morgan fingerprint density at radius 1 is 1.25 bits per heavy atom. The molecule has 0 fully saturated rings. The van der Waals surface area contributed by atoms with Gasteiger partial charge >= 0.3 is 0 Å². The topological polar surface area (TPSA) is 17.8 Å². The maximum absolute atomic E-state index is 5.95. The largest absolute Gasteiger partial charge is 0.327 e. The molecular weight excluding hydrogens is 288 g/mol. The molecule has 2 rings (SSSR count). The van der Waals surface area contributed by atoms with Crippen LogP contribution in [-0.4, -0.2) is 26.4 Å². The van der Waals surface area contributed by atoms with Crippen molar-refractivity contribution in [2.75, 3.05) is 12.1 Å². The van der Waals surface area contributed by atoms with Crippen LogP contribution in [0.25, 0.3) is 11.0 Å². The van der Waals surface area contributed by atoms with Crippen LogP contribution in [0.2, 0.25) is 0 Å². The van der Waals surface area contributed by atoms with E-state index in [1.807, 2.05) is 17.8 Å². The standard InChI is InChI=1S/C16H23ClN2S/c1-4-16(5-2,20-3)12-19-14-9-7-6-8-13(14)18-15(19)10-11-17/h6-9H,4-5,10-12H2,1-3H3. The lowest BCUT2D eigenvalue weighted by molar-refractivity contribution is 0.464. The predicted octanol–water partition coefficient (Wildman–Crippen LogP) is 4.74. The molecule has 2 aromatic rings. The first-order valence-electron chi connectivity index (χ1n) is 7.25. The first kappa shape index (κ1) is 15.7. The molecule has 4 heteroatoms. The summed E-state index contributed by atoms with van der Waals surface area (Å²) in [5.41, 5.74) is 2.31. The molecule has 20 heavy (non-hydrogen) atoms. The second-order valence-corrected chi connectivity index (χ2v) is 6.79. The summed E-state index contributed by atoms with van der Waals surface area (Å²) < 4.78 is 2.66. The first-order valence-corrected chi connectivity index (χ1v) is 9.01. The van der Waals surface area contributed by atoms with E-state index in [0.717, 1.165) is 37.1 Å². The zero-order chi connectivity index (χ0) is 14.6. The molecule has 0 aliphatic rings. The molecule has 0 spiro atoms. The van der Waals surface area contributed by atoms with Crippen molar-refractivity contribution >= 4 is 34.4 Å². The third-order valence-corrected chi connectivity index (χ3v) is 5.98. The van der Waals surface area contributed by atoms with E-state index in [2.05, 4.69) is 42.9 Å². The van der Waals surface area contributed by atoms with Gasteiger partial charge in [-0.15, -0.1) is 11.6 Å². The smallest absolute Gasteiger partial charge is 0.111 e. The number of imidazole rings is 1. The van der Waals surface area contributed by atoms with Crippen LogP contribution >= 0.6 is 23.4 Å². The van der Waals surface area contributed by atoms with Crippen molar-refractivity contribution in [3.05, 3.63) is 30.1 Å².